The second-order valence-corrected chi connectivity index (χ2v) is 5.13. The number of anilines is 1. The number of rotatable bonds is 6. The van der Waals surface area contributed by atoms with E-state index in [9.17, 15) is 4.79 Å². The minimum absolute atomic E-state index is 0.0568. The van der Waals surface area contributed by atoms with Crippen LogP contribution in [0.25, 0.3) is 0 Å². The molecule has 0 saturated heterocycles. The van der Waals surface area contributed by atoms with Gasteiger partial charge in [0.05, 0.1) is 0 Å². The Labute approximate surface area is 136 Å². The van der Waals surface area contributed by atoms with E-state index >= 15 is 0 Å². The van der Waals surface area contributed by atoms with Gasteiger partial charge in [-0.25, -0.2) is 0 Å². The summed E-state index contributed by atoms with van der Waals surface area (Å²) in [4.78, 5) is 12.1. The Bertz CT molecular complexity index is 730. The van der Waals surface area contributed by atoms with Crippen molar-refractivity contribution in [1.82, 2.24) is 5.32 Å². The topological polar surface area (TPSA) is 64.9 Å². The molecule has 2 aromatic rings. The van der Waals surface area contributed by atoms with E-state index in [1.807, 2.05) is 67.6 Å². The van der Waals surface area contributed by atoms with E-state index < -0.39 is 5.91 Å². The first-order valence-corrected chi connectivity index (χ1v) is 7.45. The number of benzene rings is 2. The predicted molar refractivity (Wildman–Crippen MR) is 91.7 cm³/mol. The van der Waals surface area contributed by atoms with E-state index in [2.05, 4.69) is 10.6 Å². The molecule has 0 aliphatic heterocycles. The Hall–Kier alpha value is -3.06. The smallest absolute Gasteiger partial charge is 0.267 e. The zero-order valence-corrected chi connectivity index (χ0v) is 13.0. The van der Waals surface area contributed by atoms with Crippen LogP contribution in [0.15, 0.2) is 66.4 Å². The third-order valence-corrected chi connectivity index (χ3v) is 3.41. The standard InChI is InChI=1S/C19H19N3O/c1-15-7-5-6-10-18(15)22-19(23)17(13-20)14-21-12-11-16-8-3-2-4-9-16/h2-10,14,21H,11-12H2,1H3,(H,22,23)/b17-14-. The van der Waals surface area contributed by atoms with Crippen LogP contribution in [-0.2, 0) is 11.2 Å². The summed E-state index contributed by atoms with van der Waals surface area (Å²) >= 11 is 0. The van der Waals surface area contributed by atoms with Crippen molar-refractivity contribution in [1.29, 1.82) is 5.26 Å². The predicted octanol–water partition coefficient (Wildman–Crippen LogP) is 3.17. The second-order valence-electron chi connectivity index (χ2n) is 5.13. The molecular weight excluding hydrogens is 286 g/mol. The van der Waals surface area contributed by atoms with Crippen LogP contribution in [-0.4, -0.2) is 12.5 Å². The van der Waals surface area contributed by atoms with Crippen molar-refractivity contribution in [3.63, 3.8) is 0 Å². The summed E-state index contributed by atoms with van der Waals surface area (Å²) in [5.74, 6) is -0.408. The van der Waals surface area contributed by atoms with Gasteiger partial charge in [0, 0.05) is 18.4 Å². The van der Waals surface area contributed by atoms with Gasteiger partial charge in [0.1, 0.15) is 11.6 Å². The third-order valence-electron chi connectivity index (χ3n) is 3.41. The maximum absolute atomic E-state index is 12.1. The van der Waals surface area contributed by atoms with E-state index in [4.69, 9.17) is 5.26 Å². The maximum atomic E-state index is 12.1. The molecule has 0 unspecified atom stereocenters. The summed E-state index contributed by atoms with van der Waals surface area (Å²) in [6, 6.07) is 19.4. The number of carbonyl (C=O) groups excluding carboxylic acids is 1. The van der Waals surface area contributed by atoms with Crippen molar-refractivity contribution in [3.8, 4) is 6.07 Å². The molecule has 0 spiro atoms. The quantitative estimate of drug-likeness (QED) is 0.489. The van der Waals surface area contributed by atoms with Crippen LogP contribution in [0, 0.1) is 18.3 Å². The SMILES string of the molecule is Cc1ccccc1NC(=O)/C(C#N)=C\NCCc1ccccc1. The van der Waals surface area contributed by atoms with Crippen LogP contribution in [0.1, 0.15) is 11.1 Å². The number of carbonyl (C=O) groups is 1. The first kappa shape index (κ1) is 16.3. The summed E-state index contributed by atoms with van der Waals surface area (Å²) < 4.78 is 0. The number of amides is 1. The molecule has 4 nitrogen and oxygen atoms in total. The molecule has 1 amide bonds. The van der Waals surface area contributed by atoms with Crippen molar-refractivity contribution in [2.75, 3.05) is 11.9 Å². The molecule has 4 heteroatoms. The highest BCUT2D eigenvalue weighted by molar-refractivity contribution is 6.06. The van der Waals surface area contributed by atoms with Crippen molar-refractivity contribution in [2.24, 2.45) is 0 Å². The van der Waals surface area contributed by atoms with E-state index in [1.165, 1.54) is 11.8 Å². The fraction of sp³-hybridized carbons (Fsp3) is 0.158. The van der Waals surface area contributed by atoms with Crippen molar-refractivity contribution >= 4 is 11.6 Å². The summed E-state index contributed by atoms with van der Waals surface area (Å²) in [7, 11) is 0. The summed E-state index contributed by atoms with van der Waals surface area (Å²) in [6.45, 7) is 2.57. The maximum Gasteiger partial charge on any atom is 0.267 e. The average Bonchev–Trinajstić information content (AvgIpc) is 2.58. The second kappa shape index (κ2) is 8.40. The number of hydrogen-bond acceptors (Lipinski definition) is 3. The van der Waals surface area contributed by atoms with Gasteiger partial charge in [-0.05, 0) is 30.5 Å². The van der Waals surface area contributed by atoms with Crippen molar-refractivity contribution in [3.05, 3.63) is 77.5 Å². The van der Waals surface area contributed by atoms with Crippen molar-refractivity contribution < 1.29 is 4.79 Å². The number of para-hydroxylation sites is 1. The molecule has 2 aromatic carbocycles. The molecule has 23 heavy (non-hydrogen) atoms. The van der Waals surface area contributed by atoms with Gasteiger partial charge < -0.3 is 10.6 Å². The molecule has 116 valence electrons. The highest BCUT2D eigenvalue weighted by Gasteiger charge is 2.09. The van der Waals surface area contributed by atoms with Gasteiger partial charge in [-0.1, -0.05) is 48.5 Å². The molecule has 0 aliphatic carbocycles. The molecular formula is C19H19N3O. The van der Waals surface area contributed by atoms with E-state index in [-0.39, 0.29) is 5.57 Å². The molecule has 0 aliphatic rings. The highest BCUT2D eigenvalue weighted by atomic mass is 16.1. The Kier molecular flexibility index (Phi) is 5.96. The van der Waals surface area contributed by atoms with Crippen LogP contribution in [0.4, 0.5) is 5.69 Å². The van der Waals surface area contributed by atoms with Crippen LogP contribution >= 0.6 is 0 Å². The monoisotopic (exact) mass is 305 g/mol. The lowest BCUT2D eigenvalue weighted by molar-refractivity contribution is -0.112. The van der Waals surface area contributed by atoms with Gasteiger partial charge >= 0.3 is 0 Å². The molecule has 0 atom stereocenters. The minimum Gasteiger partial charge on any atom is -0.389 e. The zero-order chi connectivity index (χ0) is 16.5. The largest absolute Gasteiger partial charge is 0.389 e. The van der Waals surface area contributed by atoms with Crippen LogP contribution in [0.5, 0.6) is 0 Å². The average molecular weight is 305 g/mol. The lowest BCUT2D eigenvalue weighted by Crippen LogP contribution is -2.18. The fourth-order valence-corrected chi connectivity index (χ4v) is 2.09. The number of hydrogen-bond donors (Lipinski definition) is 2. The Morgan fingerprint density at radius 3 is 2.52 bits per heavy atom. The number of nitrogens with zero attached hydrogens (tertiary/aromatic N) is 1. The van der Waals surface area contributed by atoms with Crippen LogP contribution in [0.3, 0.4) is 0 Å². The third kappa shape index (κ3) is 5.01. The van der Waals surface area contributed by atoms with Crippen LogP contribution in [0.2, 0.25) is 0 Å². The molecule has 0 aromatic heterocycles. The van der Waals surface area contributed by atoms with Gasteiger partial charge in [0.2, 0.25) is 0 Å². The molecule has 0 heterocycles. The Balaban J connectivity index is 1.90. The highest BCUT2D eigenvalue weighted by Crippen LogP contribution is 2.13. The first-order chi connectivity index (χ1) is 11.2. The normalized spacial score (nSPS) is 10.7. The van der Waals surface area contributed by atoms with Gasteiger partial charge in [0.25, 0.3) is 5.91 Å². The lowest BCUT2D eigenvalue weighted by atomic mass is 10.1. The lowest BCUT2D eigenvalue weighted by Gasteiger charge is -2.07. The van der Waals surface area contributed by atoms with Crippen LogP contribution < -0.4 is 10.6 Å². The summed E-state index contributed by atoms with van der Waals surface area (Å²) in [5.41, 5.74) is 2.93. The Morgan fingerprint density at radius 2 is 1.83 bits per heavy atom. The molecule has 0 bridgehead atoms. The summed E-state index contributed by atoms with van der Waals surface area (Å²) in [6.07, 6.45) is 2.30. The molecule has 2 rings (SSSR count). The van der Waals surface area contributed by atoms with Gasteiger partial charge in [-0.15, -0.1) is 0 Å². The van der Waals surface area contributed by atoms with Gasteiger partial charge in [0.15, 0.2) is 0 Å². The minimum atomic E-state index is -0.408. The number of nitriles is 1. The molecule has 0 radical (unpaired) electrons. The zero-order valence-electron chi connectivity index (χ0n) is 13.0. The van der Waals surface area contributed by atoms with E-state index in [1.54, 1.807) is 0 Å². The van der Waals surface area contributed by atoms with Crippen molar-refractivity contribution in [2.45, 2.75) is 13.3 Å². The van der Waals surface area contributed by atoms with E-state index in [0.29, 0.717) is 12.2 Å². The molecule has 0 fully saturated rings. The Morgan fingerprint density at radius 1 is 1.13 bits per heavy atom. The number of nitrogens with one attached hydrogen (secondary N) is 2. The first-order valence-electron chi connectivity index (χ1n) is 7.45. The van der Waals surface area contributed by atoms with E-state index in [0.717, 1.165) is 12.0 Å². The molecule has 2 N–H and O–H groups in total. The number of aryl methyl sites for hydroxylation is 1. The van der Waals surface area contributed by atoms with Gasteiger partial charge in [-0.3, -0.25) is 4.79 Å². The summed E-state index contributed by atoms with van der Waals surface area (Å²) in [5, 5.41) is 14.9. The molecule has 0 saturated carbocycles. The fourth-order valence-electron chi connectivity index (χ4n) is 2.09. The van der Waals surface area contributed by atoms with Gasteiger partial charge in [-0.2, -0.15) is 5.26 Å².